The fraction of sp³-hybridized carbons (Fsp3) is 0.700. The maximum absolute atomic E-state index is 11.2. The molecule has 1 rings (SSSR count). The highest BCUT2D eigenvalue weighted by Crippen LogP contribution is 2.13. The van der Waals surface area contributed by atoms with Gasteiger partial charge in [-0.3, -0.25) is 4.79 Å². The molecule has 1 N–H and O–H groups in total. The van der Waals surface area contributed by atoms with Crippen LogP contribution in [0.25, 0.3) is 0 Å². The van der Waals surface area contributed by atoms with Crippen LogP contribution in [0.4, 0.5) is 0 Å². The van der Waals surface area contributed by atoms with Crippen LogP contribution in [0.2, 0.25) is 0 Å². The van der Waals surface area contributed by atoms with E-state index in [9.17, 15) is 4.79 Å². The fourth-order valence-corrected chi connectivity index (χ4v) is 1.78. The zero-order valence-corrected chi connectivity index (χ0v) is 8.58. The van der Waals surface area contributed by atoms with Crippen molar-refractivity contribution in [3.05, 3.63) is 12.2 Å². The summed E-state index contributed by atoms with van der Waals surface area (Å²) in [5, 5.41) is 2.99. The summed E-state index contributed by atoms with van der Waals surface area (Å²) in [4.78, 5) is 13.5. The molecule has 2 atom stereocenters. The Morgan fingerprint density at radius 2 is 2.23 bits per heavy atom. The number of likely N-dealkylation sites (tertiary alicyclic amines) is 1. The fourth-order valence-electron chi connectivity index (χ4n) is 1.78. The Morgan fingerprint density at radius 1 is 1.54 bits per heavy atom. The number of hydrogen-bond acceptors (Lipinski definition) is 2. The number of nitrogens with zero attached hydrogens (tertiary/aromatic N) is 1. The van der Waals surface area contributed by atoms with Crippen molar-refractivity contribution in [2.45, 2.75) is 19.9 Å². The molecule has 0 aromatic carbocycles. The average molecular weight is 182 g/mol. The van der Waals surface area contributed by atoms with E-state index in [0.29, 0.717) is 12.0 Å². The maximum Gasteiger partial charge on any atom is 0.243 e. The summed E-state index contributed by atoms with van der Waals surface area (Å²) in [6, 6.07) is 0.314. The van der Waals surface area contributed by atoms with Gasteiger partial charge < -0.3 is 10.2 Å². The minimum Gasteiger partial charge on any atom is -0.348 e. The Morgan fingerprint density at radius 3 is 2.69 bits per heavy atom. The van der Waals surface area contributed by atoms with Crippen molar-refractivity contribution < 1.29 is 4.79 Å². The zero-order chi connectivity index (χ0) is 9.84. The van der Waals surface area contributed by atoms with Gasteiger partial charge in [-0.05, 0) is 26.0 Å². The molecule has 0 bridgehead atoms. The summed E-state index contributed by atoms with van der Waals surface area (Å²) in [7, 11) is 2.08. The highest BCUT2D eigenvalue weighted by molar-refractivity contribution is 5.87. The molecule has 0 aromatic rings. The molecule has 3 nitrogen and oxygen atoms in total. The van der Waals surface area contributed by atoms with Gasteiger partial charge in [-0.2, -0.15) is 0 Å². The second-order valence-electron chi connectivity index (χ2n) is 3.81. The normalized spacial score (nSPS) is 29.8. The molecule has 0 saturated carbocycles. The van der Waals surface area contributed by atoms with Gasteiger partial charge in [0.1, 0.15) is 0 Å². The van der Waals surface area contributed by atoms with E-state index >= 15 is 0 Å². The van der Waals surface area contributed by atoms with Gasteiger partial charge >= 0.3 is 0 Å². The van der Waals surface area contributed by atoms with Crippen molar-refractivity contribution in [3.63, 3.8) is 0 Å². The van der Waals surface area contributed by atoms with Gasteiger partial charge in [0.05, 0.1) is 0 Å². The number of carbonyl (C=O) groups excluding carboxylic acids is 1. The number of amides is 1. The molecule has 1 aliphatic rings. The van der Waals surface area contributed by atoms with Gasteiger partial charge in [0.15, 0.2) is 0 Å². The quantitative estimate of drug-likeness (QED) is 0.635. The number of rotatable bonds is 2. The van der Waals surface area contributed by atoms with Crippen molar-refractivity contribution in [1.82, 2.24) is 10.2 Å². The molecule has 0 radical (unpaired) electrons. The molecule has 3 heteroatoms. The third-order valence-corrected chi connectivity index (χ3v) is 2.44. The Balaban J connectivity index is 2.41. The monoisotopic (exact) mass is 182 g/mol. The summed E-state index contributed by atoms with van der Waals surface area (Å²) in [6.45, 7) is 6.05. The van der Waals surface area contributed by atoms with Crippen LogP contribution in [-0.4, -0.2) is 37.0 Å². The predicted octanol–water partition coefficient (Wildman–Crippen LogP) is 0.629. The number of allylic oxidation sites excluding steroid dienone is 1. The van der Waals surface area contributed by atoms with Crippen molar-refractivity contribution in [1.29, 1.82) is 0 Å². The molecule has 74 valence electrons. The SMILES string of the molecule is C/C=C/C(=O)NC1CN(C)CC1C. The van der Waals surface area contributed by atoms with Crippen LogP contribution in [0, 0.1) is 5.92 Å². The van der Waals surface area contributed by atoms with E-state index in [-0.39, 0.29) is 5.91 Å². The van der Waals surface area contributed by atoms with Crippen LogP contribution in [0.5, 0.6) is 0 Å². The van der Waals surface area contributed by atoms with Crippen LogP contribution in [0.1, 0.15) is 13.8 Å². The summed E-state index contributed by atoms with van der Waals surface area (Å²) in [5.74, 6) is 0.578. The van der Waals surface area contributed by atoms with E-state index in [1.807, 2.05) is 6.92 Å². The van der Waals surface area contributed by atoms with Gasteiger partial charge in [0, 0.05) is 19.1 Å². The second-order valence-corrected chi connectivity index (χ2v) is 3.81. The van der Waals surface area contributed by atoms with E-state index in [1.54, 1.807) is 12.2 Å². The van der Waals surface area contributed by atoms with Gasteiger partial charge in [-0.25, -0.2) is 0 Å². The molecular weight excluding hydrogens is 164 g/mol. The van der Waals surface area contributed by atoms with Crippen molar-refractivity contribution >= 4 is 5.91 Å². The Kier molecular flexibility index (Phi) is 3.48. The molecule has 0 aromatic heterocycles. The lowest BCUT2D eigenvalue weighted by molar-refractivity contribution is -0.117. The molecule has 13 heavy (non-hydrogen) atoms. The number of hydrogen-bond donors (Lipinski definition) is 1. The summed E-state index contributed by atoms with van der Waals surface area (Å²) in [6.07, 6.45) is 3.34. The first-order valence-electron chi connectivity index (χ1n) is 4.75. The largest absolute Gasteiger partial charge is 0.348 e. The van der Waals surface area contributed by atoms with E-state index in [2.05, 4.69) is 24.2 Å². The average Bonchev–Trinajstić information content (AvgIpc) is 2.30. The third kappa shape index (κ3) is 2.84. The zero-order valence-electron chi connectivity index (χ0n) is 8.58. The van der Waals surface area contributed by atoms with Crippen molar-refractivity contribution in [3.8, 4) is 0 Å². The summed E-state index contributed by atoms with van der Waals surface area (Å²) in [5.41, 5.74) is 0. The predicted molar refractivity (Wildman–Crippen MR) is 53.4 cm³/mol. The molecule has 2 unspecified atom stereocenters. The Bertz CT molecular complexity index is 213. The molecule has 1 heterocycles. The first kappa shape index (κ1) is 10.3. The Labute approximate surface area is 79.8 Å². The lowest BCUT2D eigenvalue weighted by Gasteiger charge is -2.14. The first-order valence-corrected chi connectivity index (χ1v) is 4.75. The van der Waals surface area contributed by atoms with Gasteiger partial charge in [0.25, 0.3) is 0 Å². The van der Waals surface area contributed by atoms with Crippen LogP contribution in [0.3, 0.4) is 0 Å². The topological polar surface area (TPSA) is 32.3 Å². The number of likely N-dealkylation sites (N-methyl/N-ethyl adjacent to an activating group) is 1. The van der Waals surface area contributed by atoms with Crippen LogP contribution in [-0.2, 0) is 4.79 Å². The van der Waals surface area contributed by atoms with Crippen LogP contribution < -0.4 is 5.32 Å². The molecule has 1 aliphatic heterocycles. The summed E-state index contributed by atoms with van der Waals surface area (Å²) >= 11 is 0. The highest BCUT2D eigenvalue weighted by atomic mass is 16.1. The van der Waals surface area contributed by atoms with Crippen LogP contribution in [0.15, 0.2) is 12.2 Å². The number of carbonyl (C=O) groups is 1. The highest BCUT2D eigenvalue weighted by Gasteiger charge is 2.27. The van der Waals surface area contributed by atoms with E-state index in [4.69, 9.17) is 0 Å². The molecule has 1 fully saturated rings. The minimum absolute atomic E-state index is 0.0228. The lowest BCUT2D eigenvalue weighted by atomic mass is 10.1. The number of nitrogens with one attached hydrogen (secondary N) is 1. The minimum atomic E-state index is 0.0228. The Hall–Kier alpha value is -0.830. The van der Waals surface area contributed by atoms with Crippen LogP contribution >= 0.6 is 0 Å². The van der Waals surface area contributed by atoms with E-state index < -0.39 is 0 Å². The first-order chi connectivity index (χ1) is 6.13. The van der Waals surface area contributed by atoms with Gasteiger partial charge in [0.2, 0.25) is 5.91 Å². The molecular formula is C10H18N2O. The molecule has 1 saturated heterocycles. The van der Waals surface area contributed by atoms with Crippen molar-refractivity contribution in [2.75, 3.05) is 20.1 Å². The van der Waals surface area contributed by atoms with Crippen molar-refractivity contribution in [2.24, 2.45) is 5.92 Å². The summed E-state index contributed by atoms with van der Waals surface area (Å²) < 4.78 is 0. The molecule has 0 spiro atoms. The van der Waals surface area contributed by atoms with E-state index in [0.717, 1.165) is 13.1 Å². The van der Waals surface area contributed by atoms with Gasteiger partial charge in [-0.1, -0.05) is 13.0 Å². The second kappa shape index (κ2) is 4.42. The lowest BCUT2D eigenvalue weighted by Crippen LogP contribution is -2.38. The smallest absolute Gasteiger partial charge is 0.243 e. The maximum atomic E-state index is 11.2. The van der Waals surface area contributed by atoms with E-state index in [1.165, 1.54) is 0 Å². The molecule has 1 amide bonds. The van der Waals surface area contributed by atoms with Gasteiger partial charge in [-0.15, -0.1) is 0 Å². The molecule has 0 aliphatic carbocycles. The third-order valence-electron chi connectivity index (χ3n) is 2.44. The standard InChI is InChI=1S/C10H18N2O/c1-4-5-10(13)11-9-7-12(3)6-8(9)2/h4-5,8-9H,6-7H2,1-3H3,(H,11,13)/b5-4+.